The summed E-state index contributed by atoms with van der Waals surface area (Å²) in [6.45, 7) is 1.85. The number of hydrogen-bond donors (Lipinski definition) is 2. The Morgan fingerprint density at radius 1 is 1.36 bits per heavy atom. The molecule has 0 spiro atoms. The summed E-state index contributed by atoms with van der Waals surface area (Å²) < 4.78 is 5.78. The lowest BCUT2D eigenvalue weighted by molar-refractivity contribution is -0.125. The Balaban J connectivity index is 1.85. The van der Waals surface area contributed by atoms with Crippen LogP contribution in [-0.4, -0.2) is 24.5 Å². The van der Waals surface area contributed by atoms with Crippen molar-refractivity contribution < 1.29 is 14.3 Å². The molecule has 3 N–H and O–H groups in total. The van der Waals surface area contributed by atoms with E-state index >= 15 is 0 Å². The van der Waals surface area contributed by atoms with Crippen molar-refractivity contribution in [1.82, 2.24) is 5.32 Å². The van der Waals surface area contributed by atoms with Crippen LogP contribution in [0.4, 0.5) is 5.69 Å². The summed E-state index contributed by atoms with van der Waals surface area (Å²) in [5, 5.41) is 2.94. The molecule has 5 nitrogen and oxygen atoms in total. The average Bonchev–Trinajstić information content (AvgIpc) is 2.49. The fourth-order valence-electron chi connectivity index (χ4n) is 2.69. The molecule has 0 aromatic heterocycles. The number of hydrogen-bond acceptors (Lipinski definition) is 4. The molecule has 1 saturated carbocycles. The molecule has 0 bridgehead atoms. The number of amides is 1. The summed E-state index contributed by atoms with van der Waals surface area (Å²) >= 11 is 3.27. The minimum Gasteiger partial charge on any atom is -0.452 e. The molecule has 6 heteroatoms. The van der Waals surface area contributed by atoms with E-state index in [2.05, 4.69) is 28.2 Å². The second kappa shape index (κ2) is 7.63. The van der Waals surface area contributed by atoms with Crippen molar-refractivity contribution in [2.24, 2.45) is 5.92 Å². The number of nitrogens with one attached hydrogen (secondary N) is 1. The third-order valence-corrected chi connectivity index (χ3v) is 4.52. The number of esters is 1. The van der Waals surface area contributed by atoms with Crippen LogP contribution in [-0.2, 0) is 9.53 Å². The summed E-state index contributed by atoms with van der Waals surface area (Å²) in [6.07, 6.45) is 4.45. The Morgan fingerprint density at radius 3 is 2.82 bits per heavy atom. The van der Waals surface area contributed by atoms with Gasteiger partial charge in [0.1, 0.15) is 0 Å². The van der Waals surface area contributed by atoms with E-state index in [1.807, 2.05) is 0 Å². The van der Waals surface area contributed by atoms with Crippen molar-refractivity contribution in [3.63, 3.8) is 0 Å². The van der Waals surface area contributed by atoms with Crippen LogP contribution in [0.25, 0.3) is 0 Å². The van der Waals surface area contributed by atoms with Crippen LogP contribution in [0.15, 0.2) is 22.7 Å². The standard InChI is InChI=1S/C16H21BrN2O3/c1-10-4-2-3-5-14(10)19-15(20)9-22-16(21)12-8-11(17)6-7-13(12)18/h6-8,10,14H,2-5,9,18H2,1H3,(H,19,20)/t10-,14+/m1/s1. The minimum atomic E-state index is -0.592. The average molecular weight is 369 g/mol. The Labute approximate surface area is 138 Å². The van der Waals surface area contributed by atoms with Gasteiger partial charge in [0.05, 0.1) is 5.56 Å². The van der Waals surface area contributed by atoms with Crippen molar-refractivity contribution in [3.8, 4) is 0 Å². The number of anilines is 1. The van der Waals surface area contributed by atoms with Gasteiger partial charge in [-0.3, -0.25) is 4.79 Å². The van der Waals surface area contributed by atoms with Crippen LogP contribution >= 0.6 is 15.9 Å². The number of benzene rings is 1. The zero-order valence-corrected chi connectivity index (χ0v) is 14.2. The molecule has 1 amide bonds. The third-order valence-electron chi connectivity index (χ3n) is 4.03. The lowest BCUT2D eigenvalue weighted by atomic mass is 9.86. The van der Waals surface area contributed by atoms with E-state index in [9.17, 15) is 9.59 Å². The highest BCUT2D eigenvalue weighted by molar-refractivity contribution is 9.10. The molecule has 0 saturated heterocycles. The van der Waals surface area contributed by atoms with Gasteiger partial charge in [0.15, 0.2) is 6.61 Å². The first-order valence-electron chi connectivity index (χ1n) is 7.49. The Morgan fingerprint density at radius 2 is 2.09 bits per heavy atom. The fraction of sp³-hybridized carbons (Fsp3) is 0.500. The van der Waals surface area contributed by atoms with Crippen LogP contribution in [0.1, 0.15) is 43.0 Å². The van der Waals surface area contributed by atoms with E-state index in [-0.39, 0.29) is 24.1 Å². The Kier molecular flexibility index (Phi) is 5.83. The van der Waals surface area contributed by atoms with Crippen molar-refractivity contribution in [2.45, 2.75) is 38.6 Å². The van der Waals surface area contributed by atoms with E-state index in [4.69, 9.17) is 10.5 Å². The molecule has 1 aliphatic carbocycles. The van der Waals surface area contributed by atoms with Crippen LogP contribution in [0.3, 0.4) is 0 Å². The molecule has 120 valence electrons. The van der Waals surface area contributed by atoms with E-state index in [1.165, 1.54) is 6.42 Å². The zero-order valence-electron chi connectivity index (χ0n) is 12.6. The van der Waals surface area contributed by atoms with E-state index in [0.717, 1.165) is 23.7 Å². The summed E-state index contributed by atoms with van der Waals surface area (Å²) in [5.74, 6) is -0.388. The molecule has 0 unspecified atom stereocenters. The second-order valence-corrected chi connectivity index (χ2v) is 6.66. The molecule has 0 aliphatic heterocycles. The smallest absolute Gasteiger partial charge is 0.340 e. The SMILES string of the molecule is C[C@@H]1CCCC[C@@H]1NC(=O)COC(=O)c1cc(Br)ccc1N. The molecule has 1 aromatic rings. The van der Waals surface area contributed by atoms with Crippen LogP contribution in [0.2, 0.25) is 0 Å². The van der Waals surface area contributed by atoms with Crippen molar-refractivity contribution >= 4 is 33.5 Å². The van der Waals surface area contributed by atoms with Gasteiger partial charge in [-0.25, -0.2) is 4.79 Å². The number of rotatable bonds is 4. The van der Waals surface area contributed by atoms with Crippen molar-refractivity contribution in [2.75, 3.05) is 12.3 Å². The van der Waals surface area contributed by atoms with Gasteiger partial charge in [-0.15, -0.1) is 0 Å². The Bertz CT molecular complexity index is 562. The highest BCUT2D eigenvalue weighted by atomic mass is 79.9. The van der Waals surface area contributed by atoms with Crippen LogP contribution < -0.4 is 11.1 Å². The second-order valence-electron chi connectivity index (χ2n) is 5.74. The number of nitrogens with two attached hydrogens (primary N) is 1. The molecule has 2 rings (SSSR count). The van der Waals surface area contributed by atoms with Gasteiger partial charge in [-0.1, -0.05) is 35.7 Å². The van der Waals surface area contributed by atoms with Gasteiger partial charge in [-0.05, 0) is 37.0 Å². The van der Waals surface area contributed by atoms with E-state index < -0.39 is 5.97 Å². The number of halogens is 1. The normalized spacial score (nSPS) is 21.2. The molecule has 0 radical (unpaired) electrons. The summed E-state index contributed by atoms with van der Waals surface area (Å²) in [4.78, 5) is 23.9. The first kappa shape index (κ1) is 16.8. The van der Waals surface area contributed by atoms with Crippen molar-refractivity contribution in [1.29, 1.82) is 0 Å². The minimum absolute atomic E-state index is 0.177. The largest absolute Gasteiger partial charge is 0.452 e. The van der Waals surface area contributed by atoms with Crippen LogP contribution in [0, 0.1) is 5.92 Å². The van der Waals surface area contributed by atoms with Gasteiger partial charge in [0.2, 0.25) is 0 Å². The molecule has 2 atom stereocenters. The molecule has 1 fully saturated rings. The van der Waals surface area contributed by atoms with Gasteiger partial charge in [0.25, 0.3) is 5.91 Å². The number of carbonyl (C=O) groups is 2. The van der Waals surface area contributed by atoms with Gasteiger partial charge in [0, 0.05) is 16.2 Å². The maximum atomic E-state index is 12.0. The van der Waals surface area contributed by atoms with Crippen LogP contribution in [0.5, 0.6) is 0 Å². The van der Waals surface area contributed by atoms with Gasteiger partial charge >= 0.3 is 5.97 Å². The van der Waals surface area contributed by atoms with Crippen molar-refractivity contribution in [3.05, 3.63) is 28.2 Å². The maximum absolute atomic E-state index is 12.0. The fourth-order valence-corrected chi connectivity index (χ4v) is 3.05. The summed E-state index contributed by atoms with van der Waals surface area (Å²) in [7, 11) is 0. The third kappa shape index (κ3) is 4.47. The molecular formula is C16H21BrN2O3. The Hall–Kier alpha value is -1.56. The summed E-state index contributed by atoms with van der Waals surface area (Å²) in [5.41, 5.74) is 6.33. The molecule has 0 heterocycles. The molecule has 1 aromatic carbocycles. The monoisotopic (exact) mass is 368 g/mol. The molecule has 22 heavy (non-hydrogen) atoms. The van der Waals surface area contributed by atoms with Gasteiger partial charge in [-0.2, -0.15) is 0 Å². The zero-order chi connectivity index (χ0) is 16.1. The number of carbonyl (C=O) groups excluding carboxylic acids is 2. The molecular weight excluding hydrogens is 348 g/mol. The highest BCUT2D eigenvalue weighted by Gasteiger charge is 2.23. The highest BCUT2D eigenvalue weighted by Crippen LogP contribution is 2.23. The van der Waals surface area contributed by atoms with E-state index in [0.29, 0.717) is 11.6 Å². The lowest BCUT2D eigenvalue weighted by Gasteiger charge is -2.29. The first-order valence-corrected chi connectivity index (χ1v) is 8.28. The number of nitrogen functional groups attached to an aromatic ring is 1. The quantitative estimate of drug-likeness (QED) is 0.632. The first-order chi connectivity index (χ1) is 10.5. The predicted octanol–water partition coefficient (Wildman–Crippen LogP) is 2.88. The maximum Gasteiger partial charge on any atom is 0.340 e. The topological polar surface area (TPSA) is 81.4 Å². The lowest BCUT2D eigenvalue weighted by Crippen LogP contribution is -2.42. The van der Waals surface area contributed by atoms with Gasteiger partial charge < -0.3 is 15.8 Å². The predicted molar refractivity (Wildman–Crippen MR) is 88.4 cm³/mol. The summed E-state index contributed by atoms with van der Waals surface area (Å²) in [6, 6.07) is 5.11. The molecule has 1 aliphatic rings. The van der Waals surface area contributed by atoms with E-state index in [1.54, 1.807) is 18.2 Å². The number of ether oxygens (including phenoxy) is 1.